The average molecular weight is 470 g/mol. The lowest BCUT2D eigenvalue weighted by Gasteiger charge is -2.18. The predicted molar refractivity (Wildman–Crippen MR) is 107 cm³/mol. The van der Waals surface area contributed by atoms with E-state index in [4.69, 9.17) is 16.3 Å². The molecule has 3 aromatic rings. The standard InChI is InChI=1S/C20H15ClF3N3O3S/c21-16-10-25-19(26-11-16)12-27-7-8-30-17-6-3-14(9-18(17)31(27,28)29)13-1-4-15(5-2-13)20(22,23)24/h1-6,9-11H,7-8,12H2. The Kier molecular flexibility index (Phi) is 5.63. The van der Waals surface area contributed by atoms with Crippen molar-refractivity contribution in [3.63, 3.8) is 0 Å². The Balaban J connectivity index is 1.69. The van der Waals surface area contributed by atoms with Gasteiger partial charge in [0, 0.05) is 18.9 Å². The molecular formula is C20H15ClF3N3O3S. The molecule has 1 aliphatic heterocycles. The zero-order chi connectivity index (χ0) is 22.2. The quantitative estimate of drug-likeness (QED) is 0.568. The van der Waals surface area contributed by atoms with Crippen LogP contribution in [0.15, 0.2) is 59.8 Å². The highest BCUT2D eigenvalue weighted by molar-refractivity contribution is 7.89. The summed E-state index contributed by atoms with van der Waals surface area (Å²) in [6.45, 7) is 0.130. The van der Waals surface area contributed by atoms with Gasteiger partial charge in [0.25, 0.3) is 0 Å². The van der Waals surface area contributed by atoms with Crippen molar-refractivity contribution in [1.82, 2.24) is 14.3 Å². The summed E-state index contributed by atoms with van der Waals surface area (Å²) < 4.78 is 71.8. The Labute approximate surface area is 181 Å². The molecule has 0 N–H and O–H groups in total. The van der Waals surface area contributed by atoms with E-state index < -0.39 is 21.8 Å². The molecule has 0 spiro atoms. The Morgan fingerprint density at radius 2 is 1.68 bits per heavy atom. The van der Waals surface area contributed by atoms with Gasteiger partial charge in [0.05, 0.1) is 17.1 Å². The van der Waals surface area contributed by atoms with Crippen LogP contribution >= 0.6 is 11.6 Å². The summed E-state index contributed by atoms with van der Waals surface area (Å²) in [5.41, 5.74) is 0.114. The van der Waals surface area contributed by atoms with Crippen LogP contribution in [0.5, 0.6) is 5.75 Å². The average Bonchev–Trinajstić information content (AvgIpc) is 2.85. The van der Waals surface area contributed by atoms with Crippen molar-refractivity contribution in [2.45, 2.75) is 17.6 Å². The highest BCUT2D eigenvalue weighted by atomic mass is 35.5. The molecule has 0 atom stereocenters. The van der Waals surface area contributed by atoms with Crippen molar-refractivity contribution in [3.05, 3.63) is 71.3 Å². The van der Waals surface area contributed by atoms with E-state index in [9.17, 15) is 21.6 Å². The molecule has 0 aliphatic carbocycles. The van der Waals surface area contributed by atoms with Gasteiger partial charge in [0.1, 0.15) is 23.1 Å². The molecule has 4 rings (SSSR count). The second kappa shape index (κ2) is 8.10. The molecule has 0 saturated carbocycles. The molecule has 1 aromatic heterocycles. The number of hydrogen-bond donors (Lipinski definition) is 0. The summed E-state index contributed by atoms with van der Waals surface area (Å²) in [5, 5.41) is 0.331. The summed E-state index contributed by atoms with van der Waals surface area (Å²) >= 11 is 5.77. The minimum absolute atomic E-state index is 0.0728. The first-order chi connectivity index (χ1) is 14.6. The first-order valence-electron chi connectivity index (χ1n) is 9.06. The van der Waals surface area contributed by atoms with Gasteiger partial charge in [0.15, 0.2) is 0 Å². The summed E-state index contributed by atoms with van der Waals surface area (Å²) in [5.74, 6) is 0.450. The SMILES string of the molecule is O=S1(=O)c2cc(-c3ccc(C(F)(F)F)cc3)ccc2OCCN1Cc1ncc(Cl)cn1. The number of rotatable bonds is 3. The van der Waals surface area contributed by atoms with Gasteiger partial charge in [-0.3, -0.25) is 0 Å². The number of aromatic nitrogens is 2. The fourth-order valence-corrected chi connectivity index (χ4v) is 4.75. The van der Waals surface area contributed by atoms with Crippen molar-refractivity contribution in [2.75, 3.05) is 13.2 Å². The molecule has 0 unspecified atom stereocenters. The van der Waals surface area contributed by atoms with Crippen LogP contribution in [0.4, 0.5) is 13.2 Å². The molecule has 0 amide bonds. The number of alkyl halides is 3. The van der Waals surface area contributed by atoms with E-state index in [2.05, 4.69) is 9.97 Å². The Morgan fingerprint density at radius 3 is 2.32 bits per heavy atom. The molecule has 11 heteroatoms. The number of sulfonamides is 1. The maximum absolute atomic E-state index is 13.3. The highest BCUT2D eigenvalue weighted by Crippen LogP contribution is 2.35. The van der Waals surface area contributed by atoms with Crippen molar-refractivity contribution < 1.29 is 26.3 Å². The fraction of sp³-hybridized carbons (Fsp3) is 0.200. The first-order valence-corrected chi connectivity index (χ1v) is 10.9. The Hall–Kier alpha value is -2.69. The third kappa shape index (κ3) is 4.51. The minimum Gasteiger partial charge on any atom is -0.491 e. The van der Waals surface area contributed by atoms with Gasteiger partial charge in [0.2, 0.25) is 10.0 Å². The first kappa shape index (κ1) is 21.5. The molecule has 1 aliphatic rings. The summed E-state index contributed by atoms with van der Waals surface area (Å²) in [6.07, 6.45) is -1.70. The molecule has 0 saturated heterocycles. The largest absolute Gasteiger partial charge is 0.491 e. The lowest BCUT2D eigenvalue weighted by Crippen LogP contribution is -2.32. The maximum Gasteiger partial charge on any atom is 0.416 e. The zero-order valence-electron chi connectivity index (χ0n) is 15.8. The third-order valence-corrected chi connectivity index (χ3v) is 6.76. The fourth-order valence-electron chi connectivity index (χ4n) is 3.12. The van der Waals surface area contributed by atoms with Gasteiger partial charge in [-0.05, 0) is 35.4 Å². The van der Waals surface area contributed by atoms with E-state index in [1.165, 1.54) is 41.0 Å². The van der Waals surface area contributed by atoms with Crippen LogP contribution in [0, 0.1) is 0 Å². The second-order valence-corrected chi connectivity index (χ2v) is 9.08. The van der Waals surface area contributed by atoms with Gasteiger partial charge < -0.3 is 4.74 Å². The predicted octanol–water partition coefficient (Wildman–Crippen LogP) is 4.40. The number of fused-ring (bicyclic) bond motifs is 1. The number of hydrogen-bond acceptors (Lipinski definition) is 5. The van der Waals surface area contributed by atoms with Crippen molar-refractivity contribution in [2.24, 2.45) is 0 Å². The van der Waals surface area contributed by atoms with Gasteiger partial charge >= 0.3 is 6.18 Å². The van der Waals surface area contributed by atoms with Crippen LogP contribution in [0.3, 0.4) is 0 Å². The number of nitrogens with zero attached hydrogens (tertiary/aromatic N) is 3. The van der Waals surface area contributed by atoms with Crippen LogP contribution in [-0.2, 0) is 22.7 Å². The van der Waals surface area contributed by atoms with Gasteiger partial charge in [-0.2, -0.15) is 17.5 Å². The molecule has 162 valence electrons. The Bertz CT molecular complexity index is 1200. The van der Waals surface area contributed by atoms with Crippen LogP contribution in [0.25, 0.3) is 11.1 Å². The van der Waals surface area contributed by atoms with Crippen LogP contribution < -0.4 is 4.74 Å². The molecule has 6 nitrogen and oxygen atoms in total. The number of benzene rings is 2. The van der Waals surface area contributed by atoms with E-state index in [1.807, 2.05) is 0 Å². The van der Waals surface area contributed by atoms with Crippen LogP contribution in [0.2, 0.25) is 5.02 Å². The van der Waals surface area contributed by atoms with E-state index in [0.717, 1.165) is 12.1 Å². The van der Waals surface area contributed by atoms with Gasteiger partial charge in [-0.15, -0.1) is 0 Å². The number of halogens is 4. The lowest BCUT2D eigenvalue weighted by atomic mass is 10.0. The number of ether oxygens (including phenoxy) is 1. The molecule has 0 bridgehead atoms. The van der Waals surface area contributed by atoms with Crippen LogP contribution in [0.1, 0.15) is 11.4 Å². The molecule has 2 aromatic carbocycles. The van der Waals surface area contributed by atoms with E-state index >= 15 is 0 Å². The van der Waals surface area contributed by atoms with Crippen molar-refractivity contribution in [3.8, 4) is 16.9 Å². The third-order valence-electron chi connectivity index (χ3n) is 4.70. The normalized spacial score (nSPS) is 16.3. The van der Waals surface area contributed by atoms with Crippen molar-refractivity contribution in [1.29, 1.82) is 0 Å². The van der Waals surface area contributed by atoms with Crippen molar-refractivity contribution >= 4 is 21.6 Å². The minimum atomic E-state index is -4.45. The summed E-state index contributed by atoms with van der Waals surface area (Å²) in [7, 11) is -3.97. The zero-order valence-corrected chi connectivity index (χ0v) is 17.4. The smallest absolute Gasteiger partial charge is 0.416 e. The molecule has 0 radical (unpaired) electrons. The van der Waals surface area contributed by atoms with Gasteiger partial charge in [-0.1, -0.05) is 29.8 Å². The molecular weight excluding hydrogens is 455 g/mol. The summed E-state index contributed by atoms with van der Waals surface area (Å²) in [4.78, 5) is 8.00. The van der Waals surface area contributed by atoms with Crippen LogP contribution in [-0.4, -0.2) is 35.8 Å². The van der Waals surface area contributed by atoms with E-state index in [-0.39, 0.29) is 36.2 Å². The monoisotopic (exact) mass is 469 g/mol. The maximum atomic E-state index is 13.3. The summed E-state index contributed by atoms with van der Waals surface area (Å²) in [6, 6.07) is 9.01. The van der Waals surface area contributed by atoms with E-state index in [1.54, 1.807) is 6.07 Å². The molecule has 31 heavy (non-hydrogen) atoms. The second-order valence-electron chi connectivity index (χ2n) is 6.74. The van der Waals surface area contributed by atoms with Gasteiger partial charge in [-0.25, -0.2) is 18.4 Å². The molecule has 0 fully saturated rings. The molecule has 2 heterocycles. The topological polar surface area (TPSA) is 72.4 Å². The highest BCUT2D eigenvalue weighted by Gasteiger charge is 2.32. The van der Waals surface area contributed by atoms with E-state index in [0.29, 0.717) is 16.1 Å². The lowest BCUT2D eigenvalue weighted by molar-refractivity contribution is -0.137. The Morgan fingerprint density at radius 1 is 1.03 bits per heavy atom.